The number of hydrogen-bond donors (Lipinski definition) is 1. The van der Waals surface area contributed by atoms with Crippen molar-refractivity contribution >= 4 is 27.5 Å². The van der Waals surface area contributed by atoms with Crippen LogP contribution < -0.4 is 4.72 Å². The lowest BCUT2D eigenvalue weighted by atomic mass is 10.3. The van der Waals surface area contributed by atoms with Gasteiger partial charge < -0.3 is 0 Å². The molecule has 0 aliphatic heterocycles. The molecule has 0 heterocycles. The SMILES string of the molecule is CCCS(=O)(=O)Nc1ccccc1SCC. The van der Waals surface area contributed by atoms with Gasteiger partial charge in [0.25, 0.3) is 0 Å². The molecule has 0 saturated heterocycles. The smallest absolute Gasteiger partial charge is 0.232 e. The van der Waals surface area contributed by atoms with Crippen LogP contribution in [0, 0.1) is 0 Å². The number of thioether (sulfide) groups is 1. The fraction of sp³-hybridized carbons (Fsp3) is 0.455. The summed E-state index contributed by atoms with van der Waals surface area (Å²) >= 11 is 1.63. The lowest BCUT2D eigenvalue weighted by Gasteiger charge is -2.10. The summed E-state index contributed by atoms with van der Waals surface area (Å²) < 4.78 is 25.9. The van der Waals surface area contributed by atoms with Gasteiger partial charge in [-0.25, -0.2) is 8.42 Å². The highest BCUT2D eigenvalue weighted by atomic mass is 32.2. The quantitative estimate of drug-likeness (QED) is 0.799. The number of sulfonamides is 1. The van der Waals surface area contributed by atoms with Gasteiger partial charge in [-0.15, -0.1) is 11.8 Å². The van der Waals surface area contributed by atoms with Gasteiger partial charge in [-0.2, -0.15) is 0 Å². The average Bonchev–Trinajstić information content (AvgIpc) is 2.20. The van der Waals surface area contributed by atoms with E-state index in [0.29, 0.717) is 12.1 Å². The molecule has 0 atom stereocenters. The third-order valence-electron chi connectivity index (χ3n) is 1.93. The summed E-state index contributed by atoms with van der Waals surface area (Å²) in [5, 5.41) is 0. The van der Waals surface area contributed by atoms with Crippen molar-refractivity contribution < 1.29 is 8.42 Å². The van der Waals surface area contributed by atoms with Crippen molar-refractivity contribution in [2.24, 2.45) is 0 Å². The van der Waals surface area contributed by atoms with Gasteiger partial charge >= 0.3 is 0 Å². The Kier molecular flexibility index (Phi) is 5.15. The van der Waals surface area contributed by atoms with Crippen LogP contribution in [0.25, 0.3) is 0 Å². The fourth-order valence-electron chi connectivity index (χ4n) is 1.32. The van der Waals surface area contributed by atoms with Crippen LogP contribution in [0.2, 0.25) is 0 Å². The minimum absolute atomic E-state index is 0.165. The molecule has 3 nitrogen and oxygen atoms in total. The summed E-state index contributed by atoms with van der Waals surface area (Å²) in [6.45, 7) is 3.90. The molecule has 0 aliphatic carbocycles. The number of benzene rings is 1. The van der Waals surface area contributed by atoms with Crippen molar-refractivity contribution in [1.82, 2.24) is 0 Å². The molecule has 1 rings (SSSR count). The molecule has 0 unspecified atom stereocenters. The Morgan fingerprint density at radius 3 is 2.56 bits per heavy atom. The lowest BCUT2D eigenvalue weighted by molar-refractivity contribution is 0.600. The van der Waals surface area contributed by atoms with E-state index in [9.17, 15) is 8.42 Å². The molecule has 0 radical (unpaired) electrons. The van der Waals surface area contributed by atoms with E-state index in [-0.39, 0.29) is 5.75 Å². The van der Waals surface area contributed by atoms with Crippen LogP contribution in [-0.4, -0.2) is 19.9 Å². The molecule has 16 heavy (non-hydrogen) atoms. The first-order valence-electron chi connectivity index (χ1n) is 5.31. The Hall–Kier alpha value is -0.680. The summed E-state index contributed by atoms with van der Waals surface area (Å²) in [5.41, 5.74) is 0.683. The van der Waals surface area contributed by atoms with Gasteiger partial charge in [-0.1, -0.05) is 26.0 Å². The molecule has 5 heteroatoms. The van der Waals surface area contributed by atoms with E-state index >= 15 is 0 Å². The van der Waals surface area contributed by atoms with Crippen molar-refractivity contribution in [2.75, 3.05) is 16.2 Å². The van der Waals surface area contributed by atoms with Gasteiger partial charge in [-0.05, 0) is 24.3 Å². The van der Waals surface area contributed by atoms with Crippen LogP contribution in [-0.2, 0) is 10.0 Å². The predicted molar refractivity (Wildman–Crippen MR) is 70.5 cm³/mol. The fourth-order valence-corrected chi connectivity index (χ4v) is 3.30. The number of para-hydroxylation sites is 1. The monoisotopic (exact) mass is 259 g/mol. The molecule has 0 aliphatic rings. The molecule has 0 amide bonds. The van der Waals surface area contributed by atoms with Gasteiger partial charge in [0, 0.05) is 4.90 Å². The molecule has 0 fully saturated rings. The highest BCUT2D eigenvalue weighted by molar-refractivity contribution is 7.99. The molecule has 1 aromatic carbocycles. The molecule has 90 valence electrons. The van der Waals surface area contributed by atoms with Gasteiger partial charge in [0.15, 0.2) is 0 Å². The number of rotatable bonds is 6. The third kappa shape index (κ3) is 4.06. The van der Waals surface area contributed by atoms with Crippen LogP contribution in [0.15, 0.2) is 29.2 Å². The summed E-state index contributed by atoms with van der Waals surface area (Å²) in [5.74, 6) is 1.09. The zero-order chi connectivity index (χ0) is 12.0. The first-order valence-corrected chi connectivity index (χ1v) is 7.95. The van der Waals surface area contributed by atoms with E-state index in [2.05, 4.69) is 4.72 Å². The Labute approximate surface area is 102 Å². The Balaban J connectivity index is 2.88. The third-order valence-corrected chi connectivity index (χ3v) is 4.36. The van der Waals surface area contributed by atoms with E-state index in [0.717, 1.165) is 10.6 Å². The van der Waals surface area contributed by atoms with Crippen molar-refractivity contribution in [3.05, 3.63) is 24.3 Å². The largest absolute Gasteiger partial charge is 0.282 e. The normalized spacial score (nSPS) is 11.4. The van der Waals surface area contributed by atoms with Crippen LogP contribution >= 0.6 is 11.8 Å². The van der Waals surface area contributed by atoms with Gasteiger partial charge in [0.2, 0.25) is 10.0 Å². The summed E-state index contributed by atoms with van der Waals surface area (Å²) in [7, 11) is -3.19. The van der Waals surface area contributed by atoms with Gasteiger partial charge in [0.05, 0.1) is 11.4 Å². The second kappa shape index (κ2) is 6.15. The van der Waals surface area contributed by atoms with E-state index < -0.39 is 10.0 Å². The maximum Gasteiger partial charge on any atom is 0.232 e. The average molecular weight is 259 g/mol. The van der Waals surface area contributed by atoms with Crippen LogP contribution in [0.5, 0.6) is 0 Å². The highest BCUT2D eigenvalue weighted by Crippen LogP contribution is 2.27. The number of anilines is 1. The van der Waals surface area contributed by atoms with Crippen molar-refractivity contribution in [2.45, 2.75) is 25.2 Å². The lowest BCUT2D eigenvalue weighted by Crippen LogP contribution is -2.16. The first kappa shape index (κ1) is 13.4. The second-order valence-electron chi connectivity index (χ2n) is 3.35. The molecular weight excluding hydrogens is 242 g/mol. The maximum atomic E-state index is 11.6. The Morgan fingerprint density at radius 2 is 1.94 bits per heavy atom. The zero-order valence-electron chi connectivity index (χ0n) is 9.56. The number of nitrogens with one attached hydrogen (secondary N) is 1. The molecule has 1 N–H and O–H groups in total. The summed E-state index contributed by atoms with van der Waals surface area (Å²) in [6.07, 6.45) is 0.623. The van der Waals surface area contributed by atoms with Crippen LogP contribution in [0.4, 0.5) is 5.69 Å². The van der Waals surface area contributed by atoms with E-state index in [4.69, 9.17) is 0 Å². The maximum absolute atomic E-state index is 11.6. The van der Waals surface area contributed by atoms with Crippen molar-refractivity contribution in [3.8, 4) is 0 Å². The minimum atomic E-state index is -3.19. The van der Waals surface area contributed by atoms with Gasteiger partial charge in [-0.3, -0.25) is 4.72 Å². The second-order valence-corrected chi connectivity index (χ2v) is 6.50. The van der Waals surface area contributed by atoms with E-state index in [1.54, 1.807) is 17.8 Å². The zero-order valence-corrected chi connectivity index (χ0v) is 11.2. The molecule has 0 bridgehead atoms. The van der Waals surface area contributed by atoms with Crippen molar-refractivity contribution in [3.63, 3.8) is 0 Å². The molecule has 0 aromatic heterocycles. The highest BCUT2D eigenvalue weighted by Gasteiger charge is 2.11. The van der Waals surface area contributed by atoms with Crippen LogP contribution in [0.1, 0.15) is 20.3 Å². The Morgan fingerprint density at radius 1 is 1.25 bits per heavy atom. The molecule has 0 saturated carbocycles. The van der Waals surface area contributed by atoms with E-state index in [1.807, 2.05) is 32.0 Å². The number of hydrogen-bond acceptors (Lipinski definition) is 3. The van der Waals surface area contributed by atoms with E-state index in [1.165, 1.54) is 0 Å². The molecule has 0 spiro atoms. The molecule has 1 aromatic rings. The predicted octanol–water partition coefficient (Wildman–Crippen LogP) is 2.95. The summed E-state index contributed by atoms with van der Waals surface area (Å²) in [4.78, 5) is 0.977. The topological polar surface area (TPSA) is 46.2 Å². The van der Waals surface area contributed by atoms with Gasteiger partial charge in [0.1, 0.15) is 0 Å². The first-order chi connectivity index (χ1) is 7.59. The van der Waals surface area contributed by atoms with Crippen molar-refractivity contribution in [1.29, 1.82) is 0 Å². The minimum Gasteiger partial charge on any atom is -0.282 e. The summed E-state index contributed by atoms with van der Waals surface area (Å²) in [6, 6.07) is 7.47. The standard InChI is InChI=1S/C11H17NO2S2/c1-3-9-16(13,14)12-10-7-5-6-8-11(10)15-4-2/h5-8,12H,3-4,9H2,1-2H3. The molecular formula is C11H17NO2S2. The van der Waals surface area contributed by atoms with Crippen LogP contribution in [0.3, 0.4) is 0 Å². The Bertz CT molecular complexity index is 429.